The van der Waals surface area contributed by atoms with Crippen molar-refractivity contribution in [2.45, 2.75) is 38.6 Å². The van der Waals surface area contributed by atoms with Crippen LogP contribution in [-0.4, -0.2) is 25.0 Å². The van der Waals surface area contributed by atoms with E-state index in [1.807, 2.05) is 6.07 Å². The fourth-order valence-electron chi connectivity index (χ4n) is 3.50. The predicted molar refractivity (Wildman–Crippen MR) is 115 cm³/mol. The summed E-state index contributed by atoms with van der Waals surface area (Å²) in [4.78, 5) is 25.3. The van der Waals surface area contributed by atoms with Crippen molar-refractivity contribution in [3.63, 3.8) is 0 Å². The normalized spacial score (nSPS) is 18.9. The average molecular weight is 425 g/mol. The van der Waals surface area contributed by atoms with Gasteiger partial charge in [0.05, 0.1) is 7.11 Å². The summed E-state index contributed by atoms with van der Waals surface area (Å²) in [6, 6.07) is 10.4. The Morgan fingerprint density at radius 1 is 1.23 bits per heavy atom. The van der Waals surface area contributed by atoms with E-state index in [4.69, 9.17) is 9.47 Å². The number of hydrogen-bond donors (Lipinski definition) is 1. The maximum Gasteiger partial charge on any atom is 0.353 e. The molecule has 6 nitrogen and oxygen atoms in total. The van der Waals surface area contributed by atoms with Gasteiger partial charge in [0.1, 0.15) is 16.5 Å². The minimum absolute atomic E-state index is 0.0261. The highest BCUT2D eigenvalue weighted by atomic mass is 32.1. The second-order valence-electron chi connectivity index (χ2n) is 7.29. The molecule has 1 amide bonds. The molecule has 0 bridgehead atoms. The maximum absolute atomic E-state index is 12.6. The van der Waals surface area contributed by atoms with Gasteiger partial charge in [-0.15, -0.1) is 11.3 Å². The molecule has 0 radical (unpaired) electrons. The van der Waals surface area contributed by atoms with Crippen molar-refractivity contribution < 1.29 is 19.1 Å². The number of hydrogen-bond acceptors (Lipinski definition) is 6. The number of nitrogens with zero attached hydrogens (tertiary/aromatic N) is 1. The highest BCUT2D eigenvalue weighted by Gasteiger charge is 2.24. The molecule has 7 heteroatoms. The number of nitrogens with one attached hydrogen (secondary N) is 1. The van der Waals surface area contributed by atoms with Gasteiger partial charge >= 0.3 is 5.97 Å². The van der Waals surface area contributed by atoms with Gasteiger partial charge in [-0.2, -0.15) is 5.26 Å². The van der Waals surface area contributed by atoms with Crippen LogP contribution in [0.3, 0.4) is 0 Å². The zero-order valence-electron chi connectivity index (χ0n) is 17.0. The Bertz CT molecular complexity index is 976. The summed E-state index contributed by atoms with van der Waals surface area (Å²) in [6.07, 6.45) is 5.79. The first-order valence-electron chi connectivity index (χ1n) is 9.88. The van der Waals surface area contributed by atoms with Crippen LogP contribution in [0.2, 0.25) is 0 Å². The standard InChI is InChI=1S/C23H24N2O4S/c1-15-6-3-4-7-18(15)25-22(26)17(14-24)12-16-9-10-19(20(13-16)28-2)29-23(27)21-8-5-11-30-21/h5,8-13,15,18H,3-4,6-7H2,1-2H3,(H,25,26)/b17-12+. The molecular formula is C23H24N2O4S. The molecule has 0 aliphatic heterocycles. The lowest BCUT2D eigenvalue weighted by Gasteiger charge is -2.29. The lowest BCUT2D eigenvalue weighted by Crippen LogP contribution is -2.41. The molecule has 2 aromatic rings. The van der Waals surface area contributed by atoms with Crippen molar-refractivity contribution in [3.8, 4) is 17.6 Å². The van der Waals surface area contributed by atoms with Gasteiger partial charge in [-0.1, -0.05) is 31.9 Å². The molecule has 1 heterocycles. The molecule has 1 saturated carbocycles. The van der Waals surface area contributed by atoms with Crippen LogP contribution in [0, 0.1) is 17.2 Å². The molecule has 3 rings (SSSR count). The van der Waals surface area contributed by atoms with Crippen molar-refractivity contribution in [1.82, 2.24) is 5.32 Å². The third kappa shape index (κ3) is 5.28. The number of nitriles is 1. The van der Waals surface area contributed by atoms with Gasteiger partial charge in [-0.25, -0.2) is 4.79 Å². The van der Waals surface area contributed by atoms with Crippen LogP contribution in [0.4, 0.5) is 0 Å². The van der Waals surface area contributed by atoms with Gasteiger partial charge in [0.2, 0.25) is 0 Å². The number of methoxy groups -OCH3 is 1. The van der Waals surface area contributed by atoms with Crippen molar-refractivity contribution in [3.05, 3.63) is 51.7 Å². The number of carbonyl (C=O) groups excluding carboxylic acids is 2. The first-order chi connectivity index (χ1) is 14.5. The minimum atomic E-state index is -0.467. The smallest absolute Gasteiger partial charge is 0.353 e. The molecule has 1 aromatic heterocycles. The monoisotopic (exact) mass is 424 g/mol. The summed E-state index contributed by atoms with van der Waals surface area (Å²) in [7, 11) is 1.47. The van der Waals surface area contributed by atoms with Gasteiger partial charge in [0.25, 0.3) is 5.91 Å². The van der Waals surface area contributed by atoms with Gasteiger partial charge in [0, 0.05) is 6.04 Å². The van der Waals surface area contributed by atoms with E-state index in [1.165, 1.54) is 30.9 Å². The van der Waals surface area contributed by atoms with Crippen molar-refractivity contribution >= 4 is 29.3 Å². The Hall–Kier alpha value is -3.11. The summed E-state index contributed by atoms with van der Waals surface area (Å²) >= 11 is 1.29. The van der Waals surface area contributed by atoms with E-state index in [2.05, 4.69) is 12.2 Å². The second kappa shape index (κ2) is 10.1. The molecule has 1 aliphatic carbocycles. The largest absolute Gasteiger partial charge is 0.493 e. The first kappa shape index (κ1) is 21.6. The predicted octanol–water partition coefficient (Wildman–Crippen LogP) is 4.58. The molecule has 2 unspecified atom stereocenters. The van der Waals surface area contributed by atoms with E-state index in [1.54, 1.807) is 35.7 Å². The lowest BCUT2D eigenvalue weighted by atomic mass is 9.86. The SMILES string of the molecule is COc1cc(/C=C(\C#N)C(=O)NC2CCCCC2C)ccc1OC(=O)c1cccs1. The molecular weight excluding hydrogens is 400 g/mol. The maximum atomic E-state index is 12.6. The molecule has 0 spiro atoms. The summed E-state index contributed by atoms with van der Waals surface area (Å²) < 4.78 is 10.7. The van der Waals surface area contributed by atoms with Crippen LogP contribution in [0.5, 0.6) is 11.5 Å². The number of ether oxygens (including phenoxy) is 2. The van der Waals surface area contributed by atoms with Crippen LogP contribution in [0.15, 0.2) is 41.3 Å². The van der Waals surface area contributed by atoms with Crippen molar-refractivity contribution in [1.29, 1.82) is 5.26 Å². The van der Waals surface area contributed by atoms with Crippen LogP contribution >= 0.6 is 11.3 Å². The number of esters is 1. The number of thiophene rings is 1. The minimum Gasteiger partial charge on any atom is -0.493 e. The zero-order chi connectivity index (χ0) is 21.5. The summed E-state index contributed by atoms with van der Waals surface area (Å²) in [6.45, 7) is 2.13. The molecule has 0 saturated heterocycles. The number of rotatable bonds is 6. The van der Waals surface area contributed by atoms with Crippen LogP contribution in [0.25, 0.3) is 6.08 Å². The zero-order valence-corrected chi connectivity index (χ0v) is 17.8. The topological polar surface area (TPSA) is 88.4 Å². The summed E-state index contributed by atoms with van der Waals surface area (Å²) in [5.41, 5.74) is 0.629. The Kier molecular flexibility index (Phi) is 7.26. The van der Waals surface area contributed by atoms with E-state index < -0.39 is 5.97 Å². The molecule has 1 aromatic carbocycles. The van der Waals surface area contributed by atoms with E-state index in [-0.39, 0.29) is 23.3 Å². The van der Waals surface area contributed by atoms with E-state index in [9.17, 15) is 14.9 Å². The molecule has 1 fully saturated rings. The summed E-state index contributed by atoms with van der Waals surface area (Å²) in [5, 5.41) is 14.3. The Morgan fingerprint density at radius 3 is 2.70 bits per heavy atom. The number of carbonyl (C=O) groups is 2. The fourth-order valence-corrected chi connectivity index (χ4v) is 4.09. The van der Waals surface area contributed by atoms with Crippen LogP contribution < -0.4 is 14.8 Å². The second-order valence-corrected chi connectivity index (χ2v) is 8.24. The molecule has 2 atom stereocenters. The summed E-state index contributed by atoms with van der Waals surface area (Å²) in [5.74, 6) is 0.174. The Balaban J connectivity index is 1.75. The molecule has 30 heavy (non-hydrogen) atoms. The molecule has 156 valence electrons. The fraction of sp³-hybridized carbons (Fsp3) is 0.348. The number of benzene rings is 1. The average Bonchev–Trinajstić information content (AvgIpc) is 3.29. The van der Waals surface area contributed by atoms with E-state index >= 15 is 0 Å². The first-order valence-corrected chi connectivity index (χ1v) is 10.8. The third-order valence-corrected chi connectivity index (χ3v) is 6.07. The molecule has 1 N–H and O–H groups in total. The van der Waals surface area contributed by atoms with Gasteiger partial charge in [-0.3, -0.25) is 4.79 Å². The third-order valence-electron chi connectivity index (χ3n) is 5.22. The van der Waals surface area contributed by atoms with E-state index in [0.29, 0.717) is 22.1 Å². The van der Waals surface area contributed by atoms with Gasteiger partial charge < -0.3 is 14.8 Å². The van der Waals surface area contributed by atoms with Crippen LogP contribution in [-0.2, 0) is 4.79 Å². The van der Waals surface area contributed by atoms with E-state index in [0.717, 1.165) is 19.3 Å². The lowest BCUT2D eigenvalue weighted by molar-refractivity contribution is -0.118. The Labute approximate surface area is 180 Å². The highest BCUT2D eigenvalue weighted by Crippen LogP contribution is 2.30. The van der Waals surface area contributed by atoms with Crippen molar-refractivity contribution in [2.75, 3.05) is 7.11 Å². The van der Waals surface area contributed by atoms with Gasteiger partial charge in [-0.05, 0) is 54.0 Å². The van der Waals surface area contributed by atoms with Gasteiger partial charge in [0.15, 0.2) is 11.5 Å². The quantitative estimate of drug-likeness (QED) is 0.317. The highest BCUT2D eigenvalue weighted by molar-refractivity contribution is 7.12. The Morgan fingerprint density at radius 2 is 2.03 bits per heavy atom. The van der Waals surface area contributed by atoms with Crippen LogP contribution in [0.1, 0.15) is 47.8 Å². The number of amides is 1. The van der Waals surface area contributed by atoms with Crippen molar-refractivity contribution in [2.24, 2.45) is 5.92 Å². The molecule has 1 aliphatic rings.